The van der Waals surface area contributed by atoms with Crippen LogP contribution in [0.15, 0.2) is 12.2 Å². The second-order valence-corrected chi connectivity index (χ2v) is 3.78. The lowest BCUT2D eigenvalue weighted by molar-refractivity contribution is -0.118. The topological polar surface area (TPSA) is 93.8 Å². The van der Waals surface area contributed by atoms with E-state index in [-0.39, 0.29) is 17.9 Å². The SMILES string of the molecule is NC1C=CC(C(=O)Nc2nnns2)C1. The Morgan fingerprint density at radius 3 is 3.07 bits per heavy atom. The second kappa shape index (κ2) is 3.81. The maximum absolute atomic E-state index is 11.6. The minimum absolute atomic E-state index is 0.0155. The van der Waals surface area contributed by atoms with Gasteiger partial charge in [-0.05, 0) is 11.6 Å². The number of aromatic nitrogens is 3. The summed E-state index contributed by atoms with van der Waals surface area (Å²) in [5.74, 6) is -0.262. The van der Waals surface area contributed by atoms with Crippen molar-refractivity contribution in [2.75, 3.05) is 5.32 Å². The first-order valence-corrected chi connectivity index (χ1v) is 4.93. The molecule has 74 valence electrons. The summed E-state index contributed by atoms with van der Waals surface area (Å²) in [6.07, 6.45) is 4.30. The molecule has 2 unspecified atom stereocenters. The van der Waals surface area contributed by atoms with E-state index in [1.807, 2.05) is 12.2 Å². The number of nitrogens with zero attached hydrogens (tertiary/aromatic N) is 3. The van der Waals surface area contributed by atoms with Crippen molar-refractivity contribution < 1.29 is 4.79 Å². The third-order valence-corrected chi connectivity index (χ3v) is 2.49. The zero-order valence-electron chi connectivity index (χ0n) is 7.25. The number of hydrogen-bond donors (Lipinski definition) is 2. The zero-order valence-corrected chi connectivity index (χ0v) is 8.07. The van der Waals surface area contributed by atoms with Crippen molar-refractivity contribution in [1.82, 2.24) is 14.8 Å². The van der Waals surface area contributed by atoms with Crippen molar-refractivity contribution in [1.29, 1.82) is 0 Å². The van der Waals surface area contributed by atoms with Gasteiger partial charge < -0.3 is 5.73 Å². The van der Waals surface area contributed by atoms with E-state index in [0.29, 0.717) is 11.6 Å². The minimum atomic E-state index is -0.158. The van der Waals surface area contributed by atoms with Gasteiger partial charge in [-0.2, -0.15) is 0 Å². The van der Waals surface area contributed by atoms with Gasteiger partial charge in [-0.15, -0.1) is 0 Å². The van der Waals surface area contributed by atoms with Gasteiger partial charge in [0.1, 0.15) is 0 Å². The van der Waals surface area contributed by atoms with Gasteiger partial charge in [-0.25, -0.2) is 0 Å². The molecule has 0 aromatic carbocycles. The Morgan fingerprint density at radius 1 is 1.64 bits per heavy atom. The molecule has 1 aliphatic rings. The molecular weight excluding hydrogens is 202 g/mol. The molecule has 1 heterocycles. The summed E-state index contributed by atoms with van der Waals surface area (Å²) in [5.41, 5.74) is 5.63. The molecule has 1 aromatic heterocycles. The number of carbonyl (C=O) groups is 1. The van der Waals surface area contributed by atoms with Crippen LogP contribution in [0.2, 0.25) is 0 Å². The van der Waals surface area contributed by atoms with Crippen LogP contribution in [0.1, 0.15) is 6.42 Å². The molecule has 6 nitrogen and oxygen atoms in total. The van der Waals surface area contributed by atoms with Crippen LogP contribution in [0.4, 0.5) is 5.13 Å². The summed E-state index contributed by atoms with van der Waals surface area (Å²) in [4.78, 5) is 11.6. The number of amides is 1. The third-order valence-electron chi connectivity index (χ3n) is 1.98. The molecule has 0 fully saturated rings. The lowest BCUT2D eigenvalue weighted by Gasteiger charge is -2.07. The number of rotatable bonds is 2. The quantitative estimate of drug-likeness (QED) is 0.659. The Bertz CT molecular complexity index is 349. The third kappa shape index (κ3) is 1.94. The minimum Gasteiger partial charge on any atom is -0.324 e. The predicted molar refractivity (Wildman–Crippen MR) is 51.6 cm³/mol. The van der Waals surface area contributed by atoms with E-state index < -0.39 is 0 Å². The van der Waals surface area contributed by atoms with E-state index in [1.165, 1.54) is 0 Å². The lowest BCUT2D eigenvalue weighted by atomic mass is 10.1. The molecule has 0 bridgehead atoms. The molecule has 1 aromatic rings. The maximum atomic E-state index is 11.6. The number of nitrogens with two attached hydrogens (primary N) is 1. The van der Waals surface area contributed by atoms with E-state index in [0.717, 1.165) is 11.5 Å². The Hall–Kier alpha value is -1.34. The number of carbonyl (C=O) groups excluding carboxylic acids is 1. The molecule has 3 N–H and O–H groups in total. The molecule has 0 spiro atoms. The van der Waals surface area contributed by atoms with Gasteiger partial charge in [0.2, 0.25) is 11.0 Å². The Balaban J connectivity index is 1.94. The van der Waals surface area contributed by atoms with Crippen LogP contribution in [-0.4, -0.2) is 26.7 Å². The van der Waals surface area contributed by atoms with Crippen LogP contribution in [0.25, 0.3) is 0 Å². The Kier molecular flexibility index (Phi) is 2.51. The predicted octanol–water partition coefficient (Wildman–Crippen LogP) is -0.225. The molecule has 1 amide bonds. The fourth-order valence-electron chi connectivity index (χ4n) is 1.30. The fraction of sp³-hybridized carbons (Fsp3) is 0.429. The van der Waals surface area contributed by atoms with E-state index in [2.05, 4.69) is 20.1 Å². The largest absolute Gasteiger partial charge is 0.324 e. The van der Waals surface area contributed by atoms with Crippen LogP contribution in [0, 0.1) is 5.92 Å². The van der Waals surface area contributed by atoms with Crippen LogP contribution in [0.3, 0.4) is 0 Å². The second-order valence-electron chi connectivity index (χ2n) is 3.05. The summed E-state index contributed by atoms with van der Waals surface area (Å²) in [5, 5.41) is 10.0. The highest BCUT2D eigenvalue weighted by atomic mass is 32.1. The van der Waals surface area contributed by atoms with Gasteiger partial charge in [-0.3, -0.25) is 10.1 Å². The van der Waals surface area contributed by atoms with Gasteiger partial charge >= 0.3 is 0 Å². The van der Waals surface area contributed by atoms with Crippen LogP contribution in [-0.2, 0) is 4.79 Å². The molecule has 14 heavy (non-hydrogen) atoms. The average Bonchev–Trinajstić information content (AvgIpc) is 2.75. The van der Waals surface area contributed by atoms with E-state index >= 15 is 0 Å². The Labute approximate surface area is 84.4 Å². The van der Waals surface area contributed by atoms with Crippen molar-refractivity contribution >= 4 is 22.6 Å². The lowest BCUT2D eigenvalue weighted by Crippen LogP contribution is -2.23. The standard InChI is InChI=1S/C7H9N5OS/c8-5-2-1-4(3-5)6(13)9-7-10-11-12-14-7/h1-2,4-5H,3,8H2,(H,9,10,12,13). The highest BCUT2D eigenvalue weighted by molar-refractivity contribution is 7.09. The first-order chi connectivity index (χ1) is 6.75. The first kappa shape index (κ1) is 9.22. The number of nitrogens with one attached hydrogen (secondary N) is 1. The summed E-state index contributed by atoms with van der Waals surface area (Å²) in [7, 11) is 0. The highest BCUT2D eigenvalue weighted by Crippen LogP contribution is 2.18. The van der Waals surface area contributed by atoms with Crippen molar-refractivity contribution in [2.24, 2.45) is 11.7 Å². The first-order valence-electron chi connectivity index (χ1n) is 4.15. The molecule has 0 radical (unpaired) electrons. The van der Waals surface area contributed by atoms with Crippen molar-refractivity contribution in [3.8, 4) is 0 Å². The van der Waals surface area contributed by atoms with Gasteiger partial charge in [0.15, 0.2) is 0 Å². The van der Waals surface area contributed by atoms with Crippen molar-refractivity contribution in [2.45, 2.75) is 12.5 Å². The van der Waals surface area contributed by atoms with Crippen molar-refractivity contribution in [3.63, 3.8) is 0 Å². The molecule has 7 heteroatoms. The molecule has 1 aliphatic carbocycles. The van der Waals surface area contributed by atoms with E-state index in [4.69, 9.17) is 5.73 Å². The average molecular weight is 211 g/mol. The molecule has 0 saturated carbocycles. The molecule has 0 aliphatic heterocycles. The van der Waals surface area contributed by atoms with Gasteiger partial charge in [0.25, 0.3) is 0 Å². The monoisotopic (exact) mass is 211 g/mol. The molecular formula is C7H9N5OS. The number of hydrogen-bond acceptors (Lipinski definition) is 6. The Morgan fingerprint density at radius 2 is 2.50 bits per heavy atom. The summed E-state index contributed by atoms with van der Waals surface area (Å²) < 4.78 is 3.54. The molecule has 2 rings (SSSR count). The van der Waals surface area contributed by atoms with E-state index in [1.54, 1.807) is 0 Å². The van der Waals surface area contributed by atoms with Gasteiger partial charge in [0.05, 0.1) is 5.92 Å². The van der Waals surface area contributed by atoms with E-state index in [9.17, 15) is 4.79 Å². The smallest absolute Gasteiger partial charge is 0.233 e. The summed E-state index contributed by atoms with van der Waals surface area (Å²) >= 11 is 1.05. The van der Waals surface area contributed by atoms with Crippen molar-refractivity contribution in [3.05, 3.63) is 12.2 Å². The number of anilines is 1. The van der Waals surface area contributed by atoms with Crippen LogP contribution < -0.4 is 11.1 Å². The van der Waals surface area contributed by atoms with Crippen LogP contribution >= 0.6 is 11.5 Å². The van der Waals surface area contributed by atoms with Gasteiger partial charge in [0, 0.05) is 17.6 Å². The van der Waals surface area contributed by atoms with Gasteiger partial charge in [-0.1, -0.05) is 21.7 Å². The zero-order chi connectivity index (χ0) is 9.97. The van der Waals surface area contributed by atoms with Crippen LogP contribution in [0.5, 0.6) is 0 Å². The molecule has 2 atom stereocenters. The highest BCUT2D eigenvalue weighted by Gasteiger charge is 2.23. The summed E-state index contributed by atoms with van der Waals surface area (Å²) in [6, 6.07) is -0.0155. The normalized spacial score (nSPS) is 25.2. The molecule has 0 saturated heterocycles. The maximum Gasteiger partial charge on any atom is 0.233 e. The summed E-state index contributed by atoms with van der Waals surface area (Å²) in [6.45, 7) is 0. The fourth-order valence-corrected chi connectivity index (χ4v) is 1.67.